The van der Waals surface area contributed by atoms with Crippen molar-refractivity contribution in [1.82, 2.24) is 0 Å². The van der Waals surface area contributed by atoms with Crippen molar-refractivity contribution in [2.45, 2.75) is 0 Å². The largest absolute Gasteiger partial charge is 0.497 e. The molecule has 0 atom stereocenters. The van der Waals surface area contributed by atoms with Crippen molar-refractivity contribution >= 4 is 29.2 Å². The Bertz CT molecular complexity index is 1020. The maximum atomic E-state index is 13.1. The van der Waals surface area contributed by atoms with Crippen molar-refractivity contribution < 1.29 is 19.1 Å². The Hall–Kier alpha value is -3.86. The van der Waals surface area contributed by atoms with Gasteiger partial charge in [0.05, 0.1) is 25.5 Å². The topological polar surface area (TPSA) is 64.6 Å². The first-order chi connectivity index (χ1) is 14.1. The quantitative estimate of drug-likeness (QED) is 0.380. The number of ether oxygens (including phenoxy) is 2. The van der Waals surface area contributed by atoms with Gasteiger partial charge in [-0.05, 0) is 41.5 Å². The zero-order valence-corrected chi connectivity index (χ0v) is 16.2. The molecule has 3 aromatic carbocycles. The molecule has 5 heteroatoms. The van der Waals surface area contributed by atoms with E-state index in [0.717, 1.165) is 16.9 Å². The molecule has 0 aliphatic rings. The number of hydrogen-bond donors (Lipinski definition) is 1. The molecule has 0 unspecified atom stereocenters. The number of methoxy groups -OCH3 is 2. The second kappa shape index (κ2) is 9.37. The second-order valence-corrected chi connectivity index (χ2v) is 6.19. The summed E-state index contributed by atoms with van der Waals surface area (Å²) in [6, 6.07) is 23.5. The molecule has 0 bridgehead atoms. The lowest BCUT2D eigenvalue weighted by atomic mass is 10.0. The first-order valence-electron chi connectivity index (χ1n) is 9.02. The summed E-state index contributed by atoms with van der Waals surface area (Å²) in [5.74, 6) is -0.107. The van der Waals surface area contributed by atoms with E-state index in [2.05, 4.69) is 5.32 Å². The number of nitrogens with one attached hydrogen (secondary N) is 1. The van der Waals surface area contributed by atoms with Crippen molar-refractivity contribution in [3.8, 4) is 5.75 Å². The second-order valence-electron chi connectivity index (χ2n) is 6.19. The highest BCUT2D eigenvalue weighted by atomic mass is 16.5. The zero-order valence-electron chi connectivity index (χ0n) is 16.2. The average molecular weight is 387 g/mol. The lowest BCUT2D eigenvalue weighted by Gasteiger charge is -2.12. The van der Waals surface area contributed by atoms with Crippen LogP contribution in [0.4, 0.5) is 5.69 Å². The van der Waals surface area contributed by atoms with Gasteiger partial charge in [-0.25, -0.2) is 4.79 Å². The molecule has 0 aliphatic heterocycles. The number of para-hydroxylation sites is 1. The molecule has 5 nitrogen and oxygen atoms in total. The predicted molar refractivity (Wildman–Crippen MR) is 114 cm³/mol. The molecule has 1 amide bonds. The van der Waals surface area contributed by atoms with Crippen LogP contribution in [0, 0.1) is 0 Å². The van der Waals surface area contributed by atoms with Crippen LogP contribution in [0.2, 0.25) is 0 Å². The first-order valence-corrected chi connectivity index (χ1v) is 9.02. The molecule has 3 aromatic rings. The van der Waals surface area contributed by atoms with Crippen LogP contribution in [0.25, 0.3) is 11.6 Å². The fraction of sp³-hybridized carbons (Fsp3) is 0.0833. The van der Waals surface area contributed by atoms with Crippen LogP contribution in [0.3, 0.4) is 0 Å². The highest BCUT2D eigenvalue weighted by molar-refractivity contribution is 6.29. The molecule has 0 heterocycles. The fourth-order valence-electron chi connectivity index (χ4n) is 2.83. The molecule has 0 spiro atoms. The minimum absolute atomic E-state index is 0.292. The number of rotatable bonds is 6. The van der Waals surface area contributed by atoms with Gasteiger partial charge in [-0.1, -0.05) is 54.6 Å². The van der Waals surface area contributed by atoms with E-state index in [4.69, 9.17) is 9.47 Å². The summed E-state index contributed by atoms with van der Waals surface area (Å²) in [5, 5.41) is 2.83. The van der Waals surface area contributed by atoms with Crippen LogP contribution in [0.1, 0.15) is 21.5 Å². The highest BCUT2D eigenvalue weighted by Gasteiger charge is 2.17. The van der Waals surface area contributed by atoms with Gasteiger partial charge in [0, 0.05) is 5.57 Å². The van der Waals surface area contributed by atoms with Gasteiger partial charge in [-0.3, -0.25) is 4.79 Å². The van der Waals surface area contributed by atoms with Crippen LogP contribution < -0.4 is 10.1 Å². The van der Waals surface area contributed by atoms with Crippen LogP contribution in [0.15, 0.2) is 78.9 Å². The van der Waals surface area contributed by atoms with E-state index < -0.39 is 5.97 Å². The molecular weight excluding hydrogens is 366 g/mol. The van der Waals surface area contributed by atoms with E-state index in [1.165, 1.54) is 7.11 Å². The Morgan fingerprint density at radius 1 is 0.828 bits per heavy atom. The summed E-state index contributed by atoms with van der Waals surface area (Å²) in [6.45, 7) is 0. The van der Waals surface area contributed by atoms with E-state index in [0.29, 0.717) is 16.8 Å². The Kier molecular flexibility index (Phi) is 6.43. The molecule has 3 rings (SSSR count). The molecular formula is C24H21NO4. The van der Waals surface area contributed by atoms with Gasteiger partial charge >= 0.3 is 5.97 Å². The monoisotopic (exact) mass is 387 g/mol. The van der Waals surface area contributed by atoms with E-state index in [9.17, 15) is 9.59 Å². The lowest BCUT2D eigenvalue weighted by molar-refractivity contribution is -0.111. The molecule has 0 saturated heterocycles. The van der Waals surface area contributed by atoms with E-state index in [1.54, 1.807) is 37.5 Å². The third-order valence-electron chi connectivity index (χ3n) is 4.34. The molecule has 0 saturated carbocycles. The van der Waals surface area contributed by atoms with Gasteiger partial charge in [-0.2, -0.15) is 0 Å². The number of esters is 1. The van der Waals surface area contributed by atoms with Gasteiger partial charge in [0.25, 0.3) is 5.91 Å². The summed E-state index contributed by atoms with van der Waals surface area (Å²) in [5.41, 5.74) is 2.76. The smallest absolute Gasteiger partial charge is 0.339 e. The summed E-state index contributed by atoms with van der Waals surface area (Å²) in [4.78, 5) is 25.2. The van der Waals surface area contributed by atoms with Crippen molar-refractivity contribution in [3.05, 3.63) is 95.6 Å². The standard InChI is InChI=1S/C24H21NO4/c1-28-19-14-12-17(13-15-19)16-21(18-8-4-3-5-9-18)23(26)25-22-11-7-6-10-20(22)24(27)29-2/h3-16H,1-2H3,(H,25,26). The first kappa shape index (κ1) is 19.9. The average Bonchev–Trinajstić information content (AvgIpc) is 2.78. The third-order valence-corrected chi connectivity index (χ3v) is 4.34. The van der Waals surface area contributed by atoms with Gasteiger partial charge in [-0.15, -0.1) is 0 Å². The van der Waals surface area contributed by atoms with Crippen molar-refractivity contribution in [1.29, 1.82) is 0 Å². The van der Waals surface area contributed by atoms with Gasteiger partial charge in [0.1, 0.15) is 5.75 Å². The summed E-state index contributed by atoms with van der Waals surface area (Å²) >= 11 is 0. The number of carbonyl (C=O) groups excluding carboxylic acids is 2. The van der Waals surface area contributed by atoms with Crippen molar-refractivity contribution in [2.24, 2.45) is 0 Å². The minimum atomic E-state index is -0.513. The van der Waals surface area contributed by atoms with Crippen molar-refractivity contribution in [3.63, 3.8) is 0 Å². The van der Waals surface area contributed by atoms with Crippen LogP contribution >= 0.6 is 0 Å². The third kappa shape index (κ3) is 4.90. The van der Waals surface area contributed by atoms with Crippen LogP contribution in [-0.4, -0.2) is 26.1 Å². The van der Waals surface area contributed by atoms with Crippen molar-refractivity contribution in [2.75, 3.05) is 19.5 Å². The molecule has 0 aromatic heterocycles. The number of amides is 1. The van der Waals surface area contributed by atoms with Gasteiger partial charge in [0.2, 0.25) is 0 Å². The SMILES string of the molecule is COC(=O)c1ccccc1NC(=O)C(=Cc1ccc(OC)cc1)c1ccccc1. The molecule has 0 aliphatic carbocycles. The van der Waals surface area contributed by atoms with Crippen LogP contribution in [0.5, 0.6) is 5.75 Å². The molecule has 146 valence electrons. The molecule has 29 heavy (non-hydrogen) atoms. The predicted octanol–water partition coefficient (Wildman–Crippen LogP) is 4.66. The molecule has 1 N–H and O–H groups in total. The Morgan fingerprint density at radius 3 is 2.14 bits per heavy atom. The maximum Gasteiger partial charge on any atom is 0.339 e. The number of carbonyl (C=O) groups is 2. The summed E-state index contributed by atoms with van der Waals surface area (Å²) in [6.07, 6.45) is 1.80. The number of hydrogen-bond acceptors (Lipinski definition) is 4. The Balaban J connectivity index is 1.98. The number of anilines is 1. The van der Waals surface area contributed by atoms with Crippen LogP contribution in [-0.2, 0) is 9.53 Å². The summed E-state index contributed by atoms with van der Waals surface area (Å²) in [7, 11) is 2.91. The fourth-order valence-corrected chi connectivity index (χ4v) is 2.83. The normalized spacial score (nSPS) is 10.9. The van der Waals surface area contributed by atoms with E-state index in [-0.39, 0.29) is 5.91 Å². The lowest BCUT2D eigenvalue weighted by Crippen LogP contribution is -2.16. The molecule has 0 fully saturated rings. The Labute approximate surface area is 169 Å². The Morgan fingerprint density at radius 2 is 1.48 bits per heavy atom. The van der Waals surface area contributed by atoms with E-state index in [1.807, 2.05) is 54.6 Å². The van der Waals surface area contributed by atoms with Gasteiger partial charge < -0.3 is 14.8 Å². The molecule has 0 radical (unpaired) electrons. The number of benzene rings is 3. The highest BCUT2D eigenvalue weighted by Crippen LogP contribution is 2.23. The van der Waals surface area contributed by atoms with Gasteiger partial charge in [0.15, 0.2) is 0 Å². The zero-order chi connectivity index (χ0) is 20.6. The minimum Gasteiger partial charge on any atom is -0.497 e. The van der Waals surface area contributed by atoms with E-state index >= 15 is 0 Å². The summed E-state index contributed by atoms with van der Waals surface area (Å²) < 4.78 is 9.99. The maximum absolute atomic E-state index is 13.1.